The number of rotatable bonds is 6. The molecule has 0 rings (SSSR count). The summed E-state index contributed by atoms with van der Waals surface area (Å²) in [6.45, 7) is 13.1. The molecule has 0 atom stereocenters. The molecule has 0 aliphatic heterocycles. The van der Waals surface area contributed by atoms with Gasteiger partial charge in [-0.25, -0.2) is 0 Å². The minimum atomic E-state index is -0.312. The Kier molecular flexibility index (Phi) is 22.4. The number of Topliss-reactive ketones (excluding diaryl/α,β-unsaturated/α-hetero) is 3. The number of ketones is 3. The summed E-state index contributed by atoms with van der Waals surface area (Å²) in [4.78, 5) is 30.0. The second-order valence-corrected chi connectivity index (χ2v) is 4.25. The van der Waals surface area contributed by atoms with Gasteiger partial charge in [0.2, 0.25) is 0 Å². The van der Waals surface area contributed by atoms with Crippen LogP contribution in [0.5, 0.6) is 0 Å². The maximum Gasteiger partial charge on any atom is 3.00 e. The van der Waals surface area contributed by atoms with E-state index in [9.17, 15) is 29.7 Å². The Morgan fingerprint density at radius 1 is 0.636 bits per heavy atom. The van der Waals surface area contributed by atoms with Crippen LogP contribution in [0.2, 0.25) is 0 Å². The van der Waals surface area contributed by atoms with E-state index in [-0.39, 0.29) is 73.4 Å². The molecule has 0 aromatic heterocycles. The maximum absolute atomic E-state index is 9.99. The summed E-state index contributed by atoms with van der Waals surface area (Å²) in [6.07, 6.45) is -0.0833. The average Bonchev–Trinajstić information content (AvgIpc) is 2.10. The Balaban J connectivity index is -0.000000108. The van der Waals surface area contributed by atoms with Crippen LogP contribution in [0.3, 0.4) is 0 Å². The Morgan fingerprint density at radius 3 is 0.773 bits per heavy atom. The first-order valence-electron chi connectivity index (χ1n) is 5.91. The van der Waals surface area contributed by atoms with Crippen molar-refractivity contribution in [1.82, 2.24) is 0 Å². The van der Waals surface area contributed by atoms with Crippen LogP contribution in [0.4, 0.5) is 0 Å². The minimum absolute atomic E-state index is 0. The summed E-state index contributed by atoms with van der Waals surface area (Å²) in [6, 6.07) is 0. The maximum atomic E-state index is 9.99. The van der Waals surface area contributed by atoms with E-state index >= 15 is 0 Å². The predicted molar refractivity (Wildman–Crippen MR) is 73.3 cm³/mol. The van der Waals surface area contributed by atoms with Crippen LogP contribution in [0.25, 0.3) is 0 Å². The topological polar surface area (TPSA) is 120 Å². The molecule has 22 heavy (non-hydrogen) atoms. The third kappa shape index (κ3) is 51.7. The van der Waals surface area contributed by atoms with Crippen LogP contribution >= 0.6 is 0 Å². The van der Waals surface area contributed by atoms with Gasteiger partial charge in [-0.15, -0.1) is 37.0 Å². The van der Waals surface area contributed by atoms with Crippen LogP contribution in [-0.2, 0) is 33.9 Å². The number of hydrogen-bond donors (Lipinski definition) is 0. The molecule has 0 bridgehead atoms. The number of allylic oxidation sites excluding steroid dienone is 3. The van der Waals surface area contributed by atoms with E-state index in [1.165, 1.54) is 20.8 Å². The van der Waals surface area contributed by atoms with Gasteiger partial charge in [0.05, 0.1) is 0 Å². The summed E-state index contributed by atoms with van der Waals surface area (Å²) in [5.41, 5.74) is 0. The minimum Gasteiger partial charge on any atom is -0.876 e. The van der Waals surface area contributed by atoms with E-state index in [0.717, 1.165) is 0 Å². The van der Waals surface area contributed by atoms with Gasteiger partial charge in [0.25, 0.3) is 0 Å². The summed E-state index contributed by atoms with van der Waals surface area (Å²) in [7, 11) is 0. The van der Waals surface area contributed by atoms with Crippen molar-refractivity contribution in [2.75, 3.05) is 0 Å². The Labute approximate surface area is 144 Å². The molecule has 0 aromatic carbocycles. The van der Waals surface area contributed by atoms with Gasteiger partial charge in [0, 0.05) is 19.3 Å². The van der Waals surface area contributed by atoms with Crippen LogP contribution in [-0.4, -0.2) is 17.3 Å². The molecule has 0 spiro atoms. The SMILES string of the molecule is C=C([O-])CC(C)=O.C=C([O-])CC(C)=O.C=C([O-])CC(C)=O.[Ru+3]. The second kappa shape index (κ2) is 17.3. The summed E-state index contributed by atoms with van der Waals surface area (Å²) in [5, 5.41) is 29.8. The third-order valence-electron chi connectivity index (χ3n) is 1.34. The first-order valence-corrected chi connectivity index (χ1v) is 5.91. The van der Waals surface area contributed by atoms with Gasteiger partial charge >= 0.3 is 19.5 Å². The molecular weight excluding hydrogens is 377 g/mol. The Morgan fingerprint density at radius 2 is 0.773 bits per heavy atom. The molecule has 0 aromatic rings. The smallest absolute Gasteiger partial charge is 0.876 e. The predicted octanol–water partition coefficient (Wildman–Crippen LogP) is -0.484. The van der Waals surface area contributed by atoms with Gasteiger partial charge < -0.3 is 15.3 Å². The Hall–Kier alpha value is -1.75. The first-order chi connectivity index (χ1) is 9.38. The van der Waals surface area contributed by atoms with E-state index in [1.807, 2.05) is 0 Å². The van der Waals surface area contributed by atoms with E-state index in [1.54, 1.807) is 0 Å². The summed E-state index contributed by atoms with van der Waals surface area (Å²) in [5.74, 6) is -1.31. The molecule has 0 aliphatic carbocycles. The fraction of sp³-hybridized carbons (Fsp3) is 0.400. The fourth-order valence-electron chi connectivity index (χ4n) is 0.833. The van der Waals surface area contributed by atoms with Crippen molar-refractivity contribution in [3.05, 3.63) is 37.0 Å². The van der Waals surface area contributed by atoms with E-state index in [2.05, 4.69) is 19.7 Å². The van der Waals surface area contributed by atoms with Gasteiger partial charge in [-0.3, -0.25) is 14.4 Å². The number of carbonyl (C=O) groups excluding carboxylic acids is 3. The van der Waals surface area contributed by atoms with E-state index < -0.39 is 0 Å². The summed E-state index contributed by atoms with van der Waals surface area (Å²) < 4.78 is 0. The Bertz CT molecular complexity index is 314. The van der Waals surface area contributed by atoms with Crippen LogP contribution in [0.15, 0.2) is 37.0 Å². The molecule has 0 saturated carbocycles. The van der Waals surface area contributed by atoms with Crippen molar-refractivity contribution < 1.29 is 49.2 Å². The molecular formula is C15H21O6Ru. The average molecular weight is 398 g/mol. The molecule has 7 heteroatoms. The molecule has 0 unspecified atom stereocenters. The van der Waals surface area contributed by atoms with Crippen molar-refractivity contribution in [2.45, 2.75) is 40.0 Å². The first kappa shape index (κ1) is 28.4. The van der Waals surface area contributed by atoms with Gasteiger partial charge in [-0.1, -0.05) is 0 Å². The van der Waals surface area contributed by atoms with Gasteiger partial charge in [-0.2, -0.15) is 0 Å². The van der Waals surface area contributed by atoms with Gasteiger partial charge in [-0.05, 0) is 20.8 Å². The van der Waals surface area contributed by atoms with Gasteiger partial charge in [0.15, 0.2) is 0 Å². The molecule has 0 amide bonds. The third-order valence-corrected chi connectivity index (χ3v) is 1.34. The van der Waals surface area contributed by atoms with Gasteiger partial charge in [0.1, 0.15) is 17.3 Å². The normalized spacial score (nSPS) is 7.77. The zero-order chi connectivity index (χ0) is 17.6. The molecule has 1 radical (unpaired) electrons. The molecule has 6 nitrogen and oxygen atoms in total. The number of hydrogen-bond acceptors (Lipinski definition) is 6. The second-order valence-electron chi connectivity index (χ2n) is 4.25. The van der Waals surface area contributed by atoms with Crippen molar-refractivity contribution in [2.24, 2.45) is 0 Å². The largest absolute Gasteiger partial charge is 3.00 e. The van der Waals surface area contributed by atoms with Crippen molar-refractivity contribution in [3.63, 3.8) is 0 Å². The molecule has 0 saturated heterocycles. The van der Waals surface area contributed by atoms with Crippen molar-refractivity contribution in [1.29, 1.82) is 0 Å². The zero-order valence-corrected chi connectivity index (χ0v) is 14.8. The van der Waals surface area contributed by atoms with Crippen LogP contribution < -0.4 is 15.3 Å². The van der Waals surface area contributed by atoms with Crippen molar-refractivity contribution in [3.8, 4) is 0 Å². The zero-order valence-electron chi connectivity index (χ0n) is 13.0. The fourth-order valence-corrected chi connectivity index (χ4v) is 0.833. The number of carbonyl (C=O) groups is 3. The van der Waals surface area contributed by atoms with E-state index in [0.29, 0.717) is 0 Å². The van der Waals surface area contributed by atoms with E-state index in [4.69, 9.17) is 0 Å². The van der Waals surface area contributed by atoms with Crippen LogP contribution in [0, 0.1) is 0 Å². The molecule has 125 valence electrons. The molecule has 0 aliphatic rings. The standard InChI is InChI=1S/3C5H8O2.Ru/c3*1-4(6)3-5(2)7;/h3*6H,1,3H2,2H3;/q;;;+3/p-3. The quantitative estimate of drug-likeness (QED) is 0.440. The molecule has 0 heterocycles. The molecule has 0 N–H and O–H groups in total. The molecule has 0 fully saturated rings. The summed E-state index contributed by atoms with van der Waals surface area (Å²) >= 11 is 0. The van der Waals surface area contributed by atoms with Crippen molar-refractivity contribution >= 4 is 17.3 Å². The monoisotopic (exact) mass is 399 g/mol. The van der Waals surface area contributed by atoms with Crippen LogP contribution in [0.1, 0.15) is 40.0 Å².